The van der Waals surface area contributed by atoms with Crippen molar-refractivity contribution >= 4 is 17.0 Å². The SMILES string of the molecule is CC(CO)(CO)C(=O)Oc1ccc(-c2cc3cccnc3[nH]2)cc1. The highest BCUT2D eigenvalue weighted by atomic mass is 16.5. The Labute approximate surface area is 138 Å². The molecule has 0 aliphatic rings. The first-order valence-electron chi connectivity index (χ1n) is 7.54. The summed E-state index contributed by atoms with van der Waals surface area (Å²) in [6.07, 6.45) is 1.73. The number of carbonyl (C=O) groups is 1. The molecule has 124 valence electrons. The molecule has 0 fully saturated rings. The smallest absolute Gasteiger partial charge is 0.321 e. The van der Waals surface area contributed by atoms with Crippen LogP contribution in [0.3, 0.4) is 0 Å². The molecule has 0 saturated carbocycles. The topological polar surface area (TPSA) is 95.4 Å². The zero-order chi connectivity index (χ0) is 17.2. The van der Waals surface area contributed by atoms with Gasteiger partial charge in [0.1, 0.15) is 16.8 Å². The third kappa shape index (κ3) is 3.02. The number of aromatic amines is 1. The largest absolute Gasteiger partial charge is 0.426 e. The first kappa shape index (κ1) is 16.2. The van der Waals surface area contributed by atoms with Crippen LogP contribution in [0, 0.1) is 5.41 Å². The number of hydrogen-bond acceptors (Lipinski definition) is 5. The Balaban J connectivity index is 1.79. The van der Waals surface area contributed by atoms with E-state index in [1.54, 1.807) is 18.3 Å². The maximum absolute atomic E-state index is 12.0. The van der Waals surface area contributed by atoms with Gasteiger partial charge < -0.3 is 19.9 Å². The second-order valence-corrected chi connectivity index (χ2v) is 5.92. The predicted octanol–water partition coefficient (Wildman–Crippen LogP) is 2.13. The molecule has 6 heteroatoms. The van der Waals surface area contributed by atoms with Gasteiger partial charge in [-0.15, -0.1) is 0 Å². The fourth-order valence-corrected chi connectivity index (χ4v) is 2.23. The summed E-state index contributed by atoms with van der Waals surface area (Å²) in [5, 5.41) is 19.5. The van der Waals surface area contributed by atoms with Crippen molar-refractivity contribution in [3.8, 4) is 17.0 Å². The van der Waals surface area contributed by atoms with Gasteiger partial charge >= 0.3 is 5.97 Å². The Morgan fingerprint density at radius 3 is 2.54 bits per heavy atom. The number of aliphatic hydroxyl groups excluding tert-OH is 2. The quantitative estimate of drug-likeness (QED) is 0.493. The average molecular weight is 326 g/mol. The number of ether oxygens (including phenoxy) is 1. The lowest BCUT2D eigenvalue weighted by molar-refractivity contribution is -0.149. The average Bonchev–Trinajstić information content (AvgIpc) is 3.05. The number of esters is 1. The van der Waals surface area contributed by atoms with Crippen molar-refractivity contribution in [2.24, 2.45) is 5.41 Å². The Kier molecular flexibility index (Phi) is 4.33. The van der Waals surface area contributed by atoms with Gasteiger partial charge in [0.2, 0.25) is 0 Å². The Bertz CT molecular complexity index is 818. The van der Waals surface area contributed by atoms with Gasteiger partial charge in [0, 0.05) is 17.3 Å². The van der Waals surface area contributed by atoms with E-state index in [2.05, 4.69) is 9.97 Å². The van der Waals surface area contributed by atoms with E-state index < -0.39 is 24.6 Å². The molecule has 0 aliphatic heterocycles. The van der Waals surface area contributed by atoms with Crippen LogP contribution in [0.4, 0.5) is 0 Å². The van der Waals surface area contributed by atoms with Crippen molar-refractivity contribution in [2.45, 2.75) is 6.92 Å². The van der Waals surface area contributed by atoms with E-state index in [9.17, 15) is 15.0 Å². The molecule has 0 saturated heterocycles. The lowest BCUT2D eigenvalue weighted by Crippen LogP contribution is -2.38. The second kappa shape index (κ2) is 6.43. The molecule has 0 amide bonds. The Hall–Kier alpha value is -2.70. The van der Waals surface area contributed by atoms with Crippen LogP contribution < -0.4 is 4.74 Å². The number of benzene rings is 1. The molecule has 0 unspecified atom stereocenters. The highest BCUT2D eigenvalue weighted by Gasteiger charge is 2.34. The number of aromatic nitrogens is 2. The number of hydrogen-bond donors (Lipinski definition) is 3. The normalized spacial score (nSPS) is 11.6. The van der Waals surface area contributed by atoms with Gasteiger partial charge in [0.25, 0.3) is 0 Å². The fraction of sp³-hybridized carbons (Fsp3) is 0.222. The van der Waals surface area contributed by atoms with E-state index >= 15 is 0 Å². The van der Waals surface area contributed by atoms with E-state index in [0.717, 1.165) is 22.3 Å². The van der Waals surface area contributed by atoms with E-state index in [4.69, 9.17) is 4.74 Å². The summed E-state index contributed by atoms with van der Waals surface area (Å²) < 4.78 is 5.23. The minimum Gasteiger partial charge on any atom is -0.426 e. The molecule has 2 heterocycles. The van der Waals surface area contributed by atoms with Gasteiger partial charge in [0.05, 0.1) is 13.2 Å². The number of H-pyrrole nitrogens is 1. The van der Waals surface area contributed by atoms with Gasteiger partial charge in [-0.2, -0.15) is 0 Å². The minimum atomic E-state index is -1.32. The molecule has 0 spiro atoms. The number of nitrogens with zero attached hydrogens (tertiary/aromatic N) is 1. The van der Waals surface area contributed by atoms with Crippen LogP contribution in [0.1, 0.15) is 6.92 Å². The molecule has 1 aromatic carbocycles. The Morgan fingerprint density at radius 1 is 1.21 bits per heavy atom. The van der Waals surface area contributed by atoms with Gasteiger partial charge in [-0.05, 0) is 55.0 Å². The van der Waals surface area contributed by atoms with Crippen LogP contribution in [-0.4, -0.2) is 39.4 Å². The summed E-state index contributed by atoms with van der Waals surface area (Å²) in [6, 6.07) is 12.8. The number of carbonyl (C=O) groups excluding carboxylic acids is 1. The molecule has 24 heavy (non-hydrogen) atoms. The van der Waals surface area contributed by atoms with Crippen molar-refractivity contribution in [1.29, 1.82) is 0 Å². The highest BCUT2D eigenvalue weighted by Crippen LogP contribution is 2.26. The van der Waals surface area contributed by atoms with Crippen LogP contribution in [0.15, 0.2) is 48.7 Å². The summed E-state index contributed by atoms with van der Waals surface area (Å²) in [5.74, 6) is -0.318. The number of nitrogens with one attached hydrogen (secondary N) is 1. The molecular weight excluding hydrogens is 308 g/mol. The zero-order valence-electron chi connectivity index (χ0n) is 13.2. The number of fused-ring (bicyclic) bond motifs is 1. The van der Waals surface area contributed by atoms with Gasteiger partial charge in [-0.3, -0.25) is 4.79 Å². The van der Waals surface area contributed by atoms with Crippen molar-refractivity contribution in [3.05, 3.63) is 48.7 Å². The predicted molar refractivity (Wildman–Crippen MR) is 89.4 cm³/mol. The van der Waals surface area contributed by atoms with E-state index in [1.165, 1.54) is 6.92 Å². The molecule has 0 bridgehead atoms. The molecule has 2 aromatic heterocycles. The van der Waals surface area contributed by atoms with Gasteiger partial charge in [-0.25, -0.2) is 4.98 Å². The summed E-state index contributed by atoms with van der Waals surface area (Å²) in [7, 11) is 0. The number of aliphatic hydroxyl groups is 2. The van der Waals surface area contributed by atoms with Crippen LogP contribution in [-0.2, 0) is 4.79 Å². The maximum Gasteiger partial charge on any atom is 0.321 e. The van der Waals surface area contributed by atoms with Gasteiger partial charge in [0.15, 0.2) is 0 Å². The van der Waals surface area contributed by atoms with E-state index in [-0.39, 0.29) is 0 Å². The zero-order valence-corrected chi connectivity index (χ0v) is 13.2. The van der Waals surface area contributed by atoms with Crippen molar-refractivity contribution in [3.63, 3.8) is 0 Å². The number of pyridine rings is 1. The molecule has 3 rings (SSSR count). The first-order valence-corrected chi connectivity index (χ1v) is 7.54. The molecule has 0 radical (unpaired) electrons. The summed E-state index contributed by atoms with van der Waals surface area (Å²) in [4.78, 5) is 19.5. The highest BCUT2D eigenvalue weighted by molar-refractivity contribution is 5.83. The minimum absolute atomic E-state index is 0.353. The Morgan fingerprint density at radius 2 is 1.92 bits per heavy atom. The third-order valence-corrected chi connectivity index (χ3v) is 3.96. The third-order valence-electron chi connectivity index (χ3n) is 3.96. The monoisotopic (exact) mass is 326 g/mol. The molecule has 3 aromatic rings. The van der Waals surface area contributed by atoms with Crippen LogP contribution in [0.2, 0.25) is 0 Å². The summed E-state index contributed by atoms with van der Waals surface area (Å²) in [5.41, 5.74) is 1.34. The second-order valence-electron chi connectivity index (χ2n) is 5.92. The molecule has 0 atom stereocenters. The summed E-state index contributed by atoms with van der Waals surface area (Å²) >= 11 is 0. The van der Waals surface area contributed by atoms with E-state index in [1.807, 2.05) is 30.3 Å². The lowest BCUT2D eigenvalue weighted by Gasteiger charge is -2.21. The molecule has 0 aliphatic carbocycles. The van der Waals surface area contributed by atoms with Crippen LogP contribution in [0.25, 0.3) is 22.3 Å². The van der Waals surface area contributed by atoms with Crippen LogP contribution >= 0.6 is 0 Å². The molecule has 3 N–H and O–H groups in total. The maximum atomic E-state index is 12.0. The van der Waals surface area contributed by atoms with Crippen molar-refractivity contribution in [2.75, 3.05) is 13.2 Å². The molecular formula is C18H18N2O4. The van der Waals surface area contributed by atoms with Crippen LogP contribution in [0.5, 0.6) is 5.75 Å². The van der Waals surface area contributed by atoms with Gasteiger partial charge in [-0.1, -0.05) is 0 Å². The van der Waals surface area contributed by atoms with Crippen molar-refractivity contribution < 1.29 is 19.7 Å². The standard InChI is InChI=1S/C18H18N2O4/c1-18(10-21,11-22)17(23)24-14-6-4-12(5-7-14)15-9-13-3-2-8-19-16(13)20-15/h2-9,21-22H,10-11H2,1H3,(H,19,20). The lowest BCUT2D eigenvalue weighted by atomic mass is 9.93. The van der Waals surface area contributed by atoms with E-state index in [0.29, 0.717) is 5.75 Å². The first-order chi connectivity index (χ1) is 11.6. The molecule has 6 nitrogen and oxygen atoms in total. The number of rotatable bonds is 5. The van der Waals surface area contributed by atoms with Crippen molar-refractivity contribution in [1.82, 2.24) is 9.97 Å². The summed E-state index contributed by atoms with van der Waals surface area (Å²) in [6.45, 7) is 0.478. The fourth-order valence-electron chi connectivity index (χ4n) is 2.23.